The molecule has 0 spiro atoms. The van der Waals surface area contributed by atoms with Crippen LogP contribution in [0.3, 0.4) is 0 Å². The number of carbonyl (C=O) groups excluding carboxylic acids is 3. The number of fused-ring (bicyclic) bond motifs is 5. The molecular formula is C57H77N11O12S2. The number of aryl methyl sites for hydroxylation is 2. The number of carbonyl (C=O) groups is 1. The fourth-order valence-electron chi connectivity index (χ4n) is 12.1. The number of hydrogen-bond acceptors (Lipinski definition) is 20. The molecule has 3 aromatic carbocycles. The van der Waals surface area contributed by atoms with Crippen molar-refractivity contribution >= 4 is 66.2 Å². The Morgan fingerprint density at radius 2 is 1.57 bits per heavy atom. The molecule has 1 saturated heterocycles. The van der Waals surface area contributed by atoms with Crippen LogP contribution in [0.15, 0.2) is 48.8 Å². The van der Waals surface area contributed by atoms with Crippen molar-refractivity contribution in [2.75, 3.05) is 80.0 Å². The lowest BCUT2D eigenvalue weighted by Gasteiger charge is -2.39. The number of aliphatic hydroxyl groups excluding tert-OH is 2. The van der Waals surface area contributed by atoms with Crippen molar-refractivity contribution in [3.8, 4) is 11.5 Å². The molecule has 0 bridgehead atoms. The molecule has 25 heteroatoms. The standard InChI is InChI=1S/C31H31N2O.C24H43N9O6S.CH4O3S.CO2/c1-2-8-20(9-3-1)27-25-18-21-10-4-14-32-16-6-12-23(28(21)32)30(25)34-31-24-13-7-17-33-15-5-11-22(29(24)33)19-26(27)31;1-40(37,38)12-5-3-2-4-8-17(34)28-10-11-29-24-31-21(27)18-22(32-24)33(14-30-18)23-20(36)19(35)16(39-23)13-15(26)7-6-9-25;1-5(2,3)4;2-1-3/h1-3,8-9,18-19H,4-7,10-17H2;14-16,19-20,23,35-36H,2-13,25-26H2,1H3,(H,28,34)(H3,27,29,31,32);1H3,(H,2,3,4);/q+1;;;/p-1/t;15-,16+,19+,20+,23+;;/m.0../s1. The Morgan fingerprint density at radius 3 is 2.29 bits per heavy atom. The number of anilines is 3. The van der Waals surface area contributed by atoms with Gasteiger partial charge in [0.25, 0.3) is 0 Å². The maximum atomic E-state index is 12.1. The van der Waals surface area contributed by atoms with Gasteiger partial charge in [0.2, 0.25) is 17.2 Å². The number of nitrogens with two attached hydrogens (primary N) is 3. The monoisotopic (exact) mass is 1170 g/mol. The molecule has 444 valence electrons. The summed E-state index contributed by atoms with van der Waals surface area (Å²) < 4.78 is 66.7. The zero-order valence-electron chi connectivity index (χ0n) is 46.7. The minimum atomic E-state index is -3.92. The van der Waals surface area contributed by atoms with Gasteiger partial charge in [-0.2, -0.15) is 19.6 Å². The van der Waals surface area contributed by atoms with E-state index >= 15 is 0 Å². The van der Waals surface area contributed by atoms with E-state index in [4.69, 9.17) is 49.2 Å². The van der Waals surface area contributed by atoms with Crippen molar-refractivity contribution in [3.63, 3.8) is 0 Å². The molecule has 1 fully saturated rings. The first-order chi connectivity index (χ1) is 39.3. The number of aliphatic hydroxyl groups is 2. The van der Waals surface area contributed by atoms with Gasteiger partial charge < -0.3 is 57.0 Å². The Labute approximate surface area is 478 Å². The highest BCUT2D eigenvalue weighted by Crippen LogP contribution is 2.48. The zero-order valence-corrected chi connectivity index (χ0v) is 48.3. The molecule has 1 amide bonds. The number of aromatic nitrogens is 4. The van der Waals surface area contributed by atoms with Gasteiger partial charge in [0.15, 0.2) is 17.7 Å². The number of amides is 1. The Bertz CT molecular complexity index is 3470. The van der Waals surface area contributed by atoms with Gasteiger partial charge in [-0.1, -0.05) is 43.2 Å². The van der Waals surface area contributed by atoms with Gasteiger partial charge >= 0.3 is 6.15 Å². The molecule has 5 atom stereocenters. The summed E-state index contributed by atoms with van der Waals surface area (Å²) >= 11 is 0. The van der Waals surface area contributed by atoms with Gasteiger partial charge in [0.1, 0.15) is 52.2 Å². The maximum Gasteiger partial charge on any atom is 0.373 e. The minimum Gasteiger partial charge on any atom is -0.748 e. The Balaban J connectivity index is 0.000000191. The van der Waals surface area contributed by atoms with Gasteiger partial charge in [-0.25, -0.2) is 26.4 Å². The van der Waals surface area contributed by atoms with Crippen LogP contribution in [-0.2, 0) is 64.8 Å². The van der Waals surface area contributed by atoms with E-state index in [1.165, 1.54) is 137 Å². The quantitative estimate of drug-likeness (QED) is 0.0366. The molecule has 8 heterocycles. The number of benzene rings is 3. The number of imidazole rings is 1. The predicted molar refractivity (Wildman–Crippen MR) is 308 cm³/mol. The van der Waals surface area contributed by atoms with E-state index in [1.54, 1.807) is 0 Å². The lowest BCUT2D eigenvalue weighted by molar-refractivity contribution is -0.191. The number of sulfone groups is 1. The fourth-order valence-corrected chi connectivity index (χ4v) is 12.8. The molecule has 23 nitrogen and oxygen atoms in total. The first kappa shape index (κ1) is 61.7. The van der Waals surface area contributed by atoms with Gasteiger partial charge in [-0.05, 0) is 100 Å². The van der Waals surface area contributed by atoms with Gasteiger partial charge in [-0.15, -0.1) is 0 Å². The van der Waals surface area contributed by atoms with E-state index in [0.717, 1.165) is 43.6 Å². The Hall–Kier alpha value is -6.41. The van der Waals surface area contributed by atoms with Crippen molar-refractivity contribution < 1.29 is 55.5 Å². The summed E-state index contributed by atoms with van der Waals surface area (Å²) in [6.07, 6.45) is 14.1. The molecular weight excluding hydrogens is 1090 g/mol. The average Bonchev–Trinajstić information content (AvgIpc) is 4.14. The molecule has 10 N–H and O–H groups in total. The van der Waals surface area contributed by atoms with Crippen LogP contribution in [0.4, 0.5) is 17.5 Å². The number of hydrogen-bond donors (Lipinski definition) is 7. The first-order valence-electron chi connectivity index (χ1n) is 28.3. The third-order valence-corrected chi connectivity index (χ3v) is 16.6. The number of nitrogen functional groups attached to an aromatic ring is 1. The fraction of sp³-hybridized carbons (Fsp3) is 0.544. The molecule has 0 radical (unpaired) electrons. The van der Waals surface area contributed by atoms with E-state index in [2.05, 4.69) is 77.5 Å². The van der Waals surface area contributed by atoms with Gasteiger partial charge in [-0.3, -0.25) is 9.36 Å². The highest BCUT2D eigenvalue weighted by atomic mass is 32.2. The third-order valence-electron chi connectivity index (χ3n) is 15.5. The van der Waals surface area contributed by atoms with E-state index < -0.39 is 44.5 Å². The van der Waals surface area contributed by atoms with Crippen LogP contribution in [0.25, 0.3) is 16.7 Å². The number of nitrogens with zero attached hydrogens (tertiary/aromatic N) is 6. The normalized spacial score (nSPS) is 19.7. The summed E-state index contributed by atoms with van der Waals surface area (Å²) in [5.41, 5.74) is 29.9. The van der Waals surface area contributed by atoms with Crippen LogP contribution in [0.2, 0.25) is 0 Å². The highest BCUT2D eigenvalue weighted by molar-refractivity contribution is 7.90. The molecule has 82 heavy (non-hydrogen) atoms. The summed E-state index contributed by atoms with van der Waals surface area (Å²) in [5, 5.41) is 29.9. The smallest absolute Gasteiger partial charge is 0.373 e. The van der Waals surface area contributed by atoms with Gasteiger partial charge in [0.05, 0.1) is 28.1 Å². The second kappa shape index (κ2) is 27.8. The third kappa shape index (κ3) is 15.2. The highest BCUT2D eigenvalue weighted by Gasteiger charge is 2.45. The summed E-state index contributed by atoms with van der Waals surface area (Å²) in [7, 11) is -6.86. The first-order valence-corrected chi connectivity index (χ1v) is 32.2. The SMILES string of the molecule is CS(=O)(=O)CCCCCCC(=O)NCCNc1nc(N)c2ncn([C@@H]3O[C@H](C[C@@H](N)CCCN)[C@@H](O)[C@H]3O)c2n1.CS(=O)(=O)[O-].O=C=O.c1ccc(C2=c3cc4c5c(c3Oc3c2cc2c6c3CCCN6CCC2)CCC[N+]=5CCC4)cc1. The van der Waals surface area contributed by atoms with E-state index in [1.807, 2.05) is 0 Å². The van der Waals surface area contributed by atoms with Crippen LogP contribution in [-0.4, -0.2) is 152 Å². The molecule has 6 aliphatic rings. The van der Waals surface area contributed by atoms with Crippen molar-refractivity contribution in [1.82, 2.24) is 29.4 Å². The van der Waals surface area contributed by atoms with Crippen molar-refractivity contribution in [3.05, 3.63) is 92.7 Å². The van der Waals surface area contributed by atoms with E-state index in [0.29, 0.717) is 69.2 Å². The number of rotatable bonds is 18. The molecule has 5 aromatic rings. The summed E-state index contributed by atoms with van der Waals surface area (Å²) in [4.78, 5) is 43.9. The Kier molecular flexibility index (Phi) is 20.9. The van der Waals surface area contributed by atoms with Crippen LogP contribution < -0.4 is 52.6 Å². The minimum absolute atomic E-state index is 0.0953. The zero-order chi connectivity index (χ0) is 58.7. The van der Waals surface area contributed by atoms with Crippen molar-refractivity contribution in [2.24, 2.45) is 11.5 Å². The second-order valence-corrected chi connectivity index (χ2v) is 25.5. The van der Waals surface area contributed by atoms with Crippen LogP contribution in [0.5, 0.6) is 11.5 Å². The number of ether oxygens (including phenoxy) is 2. The molecule has 0 aliphatic carbocycles. The van der Waals surface area contributed by atoms with Crippen LogP contribution in [0, 0.1) is 0 Å². The Morgan fingerprint density at radius 1 is 0.890 bits per heavy atom. The van der Waals surface area contributed by atoms with Gasteiger partial charge in [0, 0.05) is 103 Å². The lowest BCUT2D eigenvalue weighted by atomic mass is 9.83. The van der Waals surface area contributed by atoms with E-state index in [-0.39, 0.29) is 35.6 Å². The largest absolute Gasteiger partial charge is 0.748 e. The molecule has 0 unspecified atom stereocenters. The molecule has 2 aromatic heterocycles. The van der Waals surface area contributed by atoms with Crippen LogP contribution in [0.1, 0.15) is 117 Å². The maximum absolute atomic E-state index is 12.1. The molecule has 0 saturated carbocycles. The summed E-state index contributed by atoms with van der Waals surface area (Å²) in [6, 6.07) is 15.9. The number of nitrogens with one attached hydrogen (secondary N) is 2. The summed E-state index contributed by atoms with van der Waals surface area (Å²) in [5.74, 6) is 2.72. The van der Waals surface area contributed by atoms with Crippen LogP contribution >= 0.6 is 0 Å². The molecule has 11 rings (SSSR count). The predicted octanol–water partition coefficient (Wildman–Crippen LogP) is 1.71. The molecule has 6 aliphatic heterocycles. The summed E-state index contributed by atoms with van der Waals surface area (Å²) in [6.45, 7) is 5.96. The average molecular weight is 1170 g/mol. The second-order valence-electron chi connectivity index (χ2n) is 21.8. The van der Waals surface area contributed by atoms with Crippen molar-refractivity contribution in [1.29, 1.82) is 0 Å². The lowest BCUT2D eigenvalue weighted by Crippen LogP contribution is -2.45. The van der Waals surface area contributed by atoms with E-state index in [9.17, 15) is 23.4 Å². The number of unbranched alkanes of at least 4 members (excludes halogenated alkanes) is 3. The van der Waals surface area contributed by atoms with Crippen molar-refractivity contribution in [2.45, 2.75) is 133 Å². The topological polar surface area (TPSA) is 353 Å².